The molecule has 5 nitrogen and oxygen atoms in total. The number of rotatable bonds is 4. The first-order chi connectivity index (χ1) is 10.8. The normalized spacial score (nSPS) is 11.5. The summed E-state index contributed by atoms with van der Waals surface area (Å²) in [5, 5.41) is 6.66. The number of aryl methyl sites for hydroxylation is 1. The average molecular weight is 313 g/mol. The predicted molar refractivity (Wildman–Crippen MR) is 86.6 cm³/mol. The summed E-state index contributed by atoms with van der Waals surface area (Å²) in [5.41, 5.74) is 1.63. The van der Waals surface area contributed by atoms with Crippen molar-refractivity contribution in [2.24, 2.45) is 0 Å². The molecule has 0 aliphatic rings. The molecule has 1 aromatic carbocycles. The molecular formula is C16H15N3O2S. The van der Waals surface area contributed by atoms with Crippen LogP contribution in [-0.2, 0) is 6.42 Å². The van der Waals surface area contributed by atoms with Crippen LogP contribution in [-0.4, -0.2) is 21.2 Å². The van der Waals surface area contributed by atoms with Crippen LogP contribution in [0, 0.1) is 0 Å². The van der Waals surface area contributed by atoms with Gasteiger partial charge in [0.15, 0.2) is 17.1 Å². The summed E-state index contributed by atoms with van der Waals surface area (Å²) < 4.78 is 13.5. The van der Waals surface area contributed by atoms with Crippen molar-refractivity contribution in [1.29, 1.82) is 0 Å². The van der Waals surface area contributed by atoms with Gasteiger partial charge in [0.05, 0.1) is 12.8 Å². The lowest BCUT2D eigenvalue weighted by Gasteiger charge is -2.02. The monoisotopic (exact) mass is 313 g/mol. The van der Waals surface area contributed by atoms with E-state index in [1.54, 1.807) is 17.5 Å². The number of hydrogen-bond acceptors (Lipinski definition) is 5. The average Bonchev–Trinajstić information content (AvgIpc) is 3.20. The van der Waals surface area contributed by atoms with E-state index in [-0.39, 0.29) is 0 Å². The zero-order valence-corrected chi connectivity index (χ0v) is 13.2. The van der Waals surface area contributed by atoms with Crippen molar-refractivity contribution in [2.75, 3.05) is 6.61 Å². The number of nitrogens with zero attached hydrogens (tertiary/aromatic N) is 3. The summed E-state index contributed by atoms with van der Waals surface area (Å²) in [7, 11) is 0. The van der Waals surface area contributed by atoms with Gasteiger partial charge in [0.1, 0.15) is 10.7 Å². The number of para-hydroxylation sites is 1. The first kappa shape index (κ1) is 13.3. The molecule has 0 atom stereocenters. The summed E-state index contributed by atoms with van der Waals surface area (Å²) in [4.78, 5) is 5.31. The minimum atomic E-state index is 0.609. The van der Waals surface area contributed by atoms with Crippen molar-refractivity contribution in [1.82, 2.24) is 14.6 Å². The molecule has 0 bridgehead atoms. The molecular weight excluding hydrogens is 298 g/mol. The Morgan fingerprint density at radius 3 is 3.05 bits per heavy atom. The van der Waals surface area contributed by atoms with Crippen LogP contribution in [0.4, 0.5) is 0 Å². The lowest BCUT2D eigenvalue weighted by molar-refractivity contribution is 0.339. The Balaban J connectivity index is 1.88. The van der Waals surface area contributed by atoms with E-state index in [0.717, 1.165) is 44.6 Å². The fourth-order valence-electron chi connectivity index (χ4n) is 2.47. The molecule has 3 aromatic heterocycles. The maximum absolute atomic E-state index is 6.03. The maximum Gasteiger partial charge on any atom is 0.212 e. The third-order valence-corrected chi connectivity index (χ3v) is 4.56. The molecule has 0 radical (unpaired) electrons. The summed E-state index contributed by atoms with van der Waals surface area (Å²) in [6.07, 6.45) is 2.71. The van der Waals surface area contributed by atoms with Gasteiger partial charge in [-0.3, -0.25) is 0 Å². The molecule has 22 heavy (non-hydrogen) atoms. The lowest BCUT2D eigenvalue weighted by Crippen LogP contribution is -1.90. The molecule has 0 saturated heterocycles. The second-order valence-corrected chi connectivity index (χ2v) is 5.95. The third-order valence-electron chi connectivity index (χ3n) is 3.49. The van der Waals surface area contributed by atoms with E-state index >= 15 is 0 Å². The number of imidazole rings is 1. The predicted octanol–water partition coefficient (Wildman–Crippen LogP) is 4.17. The van der Waals surface area contributed by atoms with Crippen LogP contribution in [0.3, 0.4) is 0 Å². The molecule has 4 rings (SSSR count). The highest BCUT2D eigenvalue weighted by Gasteiger charge is 2.16. The van der Waals surface area contributed by atoms with E-state index in [1.165, 1.54) is 0 Å². The topological polar surface area (TPSA) is 52.6 Å². The van der Waals surface area contributed by atoms with E-state index in [0.29, 0.717) is 6.61 Å². The van der Waals surface area contributed by atoms with Crippen LogP contribution in [0.5, 0.6) is 5.75 Å². The van der Waals surface area contributed by atoms with Crippen molar-refractivity contribution in [3.63, 3.8) is 0 Å². The van der Waals surface area contributed by atoms with E-state index in [1.807, 2.05) is 35.7 Å². The fraction of sp³-hybridized carbons (Fsp3) is 0.250. The SMILES string of the molecule is CCOc1cccc2cc(-c3cnc4sc(CC)nn34)oc12. The largest absolute Gasteiger partial charge is 0.490 e. The van der Waals surface area contributed by atoms with Gasteiger partial charge in [-0.15, -0.1) is 0 Å². The molecule has 0 unspecified atom stereocenters. The highest BCUT2D eigenvalue weighted by molar-refractivity contribution is 7.16. The second-order valence-electron chi connectivity index (χ2n) is 4.91. The maximum atomic E-state index is 6.03. The Kier molecular flexibility index (Phi) is 3.11. The summed E-state index contributed by atoms with van der Waals surface area (Å²) in [5.74, 6) is 1.52. The molecule has 6 heteroatoms. The molecule has 0 saturated carbocycles. The van der Waals surface area contributed by atoms with Gasteiger partial charge in [0.2, 0.25) is 4.96 Å². The third kappa shape index (κ3) is 1.99. The Morgan fingerprint density at radius 1 is 1.32 bits per heavy atom. The molecule has 0 N–H and O–H groups in total. The summed E-state index contributed by atoms with van der Waals surface area (Å²) in [6.45, 7) is 4.66. The second kappa shape index (κ2) is 5.14. The van der Waals surface area contributed by atoms with Gasteiger partial charge < -0.3 is 9.15 Å². The number of hydrogen-bond donors (Lipinski definition) is 0. The summed E-state index contributed by atoms with van der Waals surface area (Å²) >= 11 is 1.61. The van der Waals surface area contributed by atoms with Crippen LogP contribution in [0.1, 0.15) is 18.9 Å². The van der Waals surface area contributed by atoms with Gasteiger partial charge in [0.25, 0.3) is 0 Å². The van der Waals surface area contributed by atoms with E-state index in [4.69, 9.17) is 9.15 Å². The molecule has 112 valence electrons. The van der Waals surface area contributed by atoms with Crippen LogP contribution in [0.25, 0.3) is 27.4 Å². The standard InChI is InChI=1S/C16H15N3O2S/c1-3-14-18-19-11(9-17-16(19)22-14)13-8-10-6-5-7-12(20-4-2)15(10)21-13/h5-9H,3-4H2,1-2H3. The van der Waals surface area contributed by atoms with Crippen LogP contribution in [0.15, 0.2) is 34.9 Å². The Hall–Kier alpha value is -2.34. The summed E-state index contributed by atoms with van der Waals surface area (Å²) in [6, 6.07) is 7.91. The van der Waals surface area contributed by atoms with Crippen LogP contribution < -0.4 is 4.74 Å². The van der Waals surface area contributed by atoms with Crippen molar-refractivity contribution in [3.8, 4) is 17.2 Å². The van der Waals surface area contributed by atoms with Gasteiger partial charge in [-0.25, -0.2) is 4.98 Å². The molecule has 0 spiro atoms. The lowest BCUT2D eigenvalue weighted by atomic mass is 10.2. The van der Waals surface area contributed by atoms with Crippen molar-refractivity contribution in [3.05, 3.63) is 35.5 Å². The Bertz CT molecular complexity index is 951. The highest BCUT2D eigenvalue weighted by Crippen LogP contribution is 2.34. The fourth-order valence-corrected chi connectivity index (χ4v) is 3.28. The first-order valence-corrected chi connectivity index (χ1v) is 8.11. The molecule has 3 heterocycles. The van der Waals surface area contributed by atoms with Crippen molar-refractivity contribution < 1.29 is 9.15 Å². The zero-order valence-electron chi connectivity index (χ0n) is 12.4. The number of furan rings is 1. The van der Waals surface area contributed by atoms with E-state index < -0.39 is 0 Å². The molecule has 0 aliphatic carbocycles. The van der Waals surface area contributed by atoms with Crippen LogP contribution in [0.2, 0.25) is 0 Å². The molecule has 0 fully saturated rings. The molecule has 0 aliphatic heterocycles. The molecule has 0 amide bonds. The van der Waals surface area contributed by atoms with Gasteiger partial charge >= 0.3 is 0 Å². The zero-order chi connectivity index (χ0) is 15.1. The van der Waals surface area contributed by atoms with Crippen LogP contribution >= 0.6 is 11.3 Å². The van der Waals surface area contributed by atoms with Gasteiger partial charge in [-0.1, -0.05) is 30.4 Å². The number of fused-ring (bicyclic) bond motifs is 2. The van der Waals surface area contributed by atoms with Gasteiger partial charge in [-0.05, 0) is 25.5 Å². The van der Waals surface area contributed by atoms with Gasteiger partial charge in [-0.2, -0.15) is 9.61 Å². The van der Waals surface area contributed by atoms with E-state index in [9.17, 15) is 0 Å². The minimum Gasteiger partial charge on any atom is -0.490 e. The first-order valence-electron chi connectivity index (χ1n) is 7.29. The Morgan fingerprint density at radius 2 is 2.23 bits per heavy atom. The smallest absolute Gasteiger partial charge is 0.212 e. The quantitative estimate of drug-likeness (QED) is 0.567. The number of aromatic nitrogens is 3. The number of ether oxygens (including phenoxy) is 1. The van der Waals surface area contributed by atoms with Crippen molar-refractivity contribution >= 4 is 27.3 Å². The van der Waals surface area contributed by atoms with Crippen molar-refractivity contribution in [2.45, 2.75) is 20.3 Å². The number of benzene rings is 1. The Labute approximate surface area is 131 Å². The minimum absolute atomic E-state index is 0.609. The highest BCUT2D eigenvalue weighted by atomic mass is 32.1. The van der Waals surface area contributed by atoms with E-state index in [2.05, 4.69) is 17.0 Å². The van der Waals surface area contributed by atoms with Gasteiger partial charge in [0, 0.05) is 5.39 Å². The molecule has 4 aromatic rings.